The quantitative estimate of drug-likeness (QED) is 0.411. The minimum atomic E-state index is -0.550. The van der Waals surface area contributed by atoms with E-state index in [1.54, 1.807) is 18.0 Å². The second-order valence-corrected chi connectivity index (χ2v) is 9.13. The second-order valence-electron chi connectivity index (χ2n) is 9.13. The number of para-hydroxylation sites is 1. The third-order valence-corrected chi connectivity index (χ3v) is 6.44. The van der Waals surface area contributed by atoms with E-state index >= 15 is 0 Å². The summed E-state index contributed by atoms with van der Waals surface area (Å²) >= 11 is 0. The van der Waals surface area contributed by atoms with Gasteiger partial charge >= 0.3 is 5.91 Å². The van der Waals surface area contributed by atoms with Crippen LogP contribution in [-0.2, 0) is 6.42 Å². The number of nitrogens with zero attached hydrogens (tertiary/aromatic N) is 2. The lowest BCUT2D eigenvalue weighted by Crippen LogP contribution is -2.93. The molecule has 0 fully saturated rings. The van der Waals surface area contributed by atoms with Gasteiger partial charge in [0.15, 0.2) is 0 Å². The number of amidine groups is 1. The molecule has 0 saturated carbocycles. The zero-order valence-corrected chi connectivity index (χ0v) is 20.7. The van der Waals surface area contributed by atoms with Crippen molar-refractivity contribution in [3.63, 3.8) is 0 Å². The van der Waals surface area contributed by atoms with Crippen molar-refractivity contribution in [3.8, 4) is 0 Å². The molecule has 7 heteroatoms. The highest BCUT2D eigenvalue weighted by atomic mass is 16.3. The molecule has 0 saturated heterocycles. The highest BCUT2D eigenvalue weighted by Crippen LogP contribution is 2.19. The minimum absolute atomic E-state index is 0.0869. The van der Waals surface area contributed by atoms with Gasteiger partial charge in [-0.1, -0.05) is 61.5 Å². The Kier molecular flexibility index (Phi) is 8.38. The van der Waals surface area contributed by atoms with E-state index in [9.17, 15) is 14.7 Å². The number of rotatable bonds is 10. The summed E-state index contributed by atoms with van der Waals surface area (Å²) in [7, 11) is 1.71. The zero-order valence-electron chi connectivity index (χ0n) is 20.7. The molecule has 0 unspecified atom stereocenters. The Morgan fingerprint density at radius 3 is 2.44 bits per heavy atom. The van der Waals surface area contributed by atoms with Crippen LogP contribution in [0, 0.1) is 0 Å². The van der Waals surface area contributed by atoms with E-state index in [4.69, 9.17) is 0 Å². The number of aliphatic imine (C=N–C) groups is 1. The van der Waals surface area contributed by atoms with Crippen molar-refractivity contribution < 1.29 is 20.0 Å². The van der Waals surface area contributed by atoms with Crippen LogP contribution in [0.5, 0.6) is 0 Å². The number of fused-ring (bicyclic) bond motifs is 1. The molecule has 2 atom stereocenters. The van der Waals surface area contributed by atoms with E-state index in [0.717, 1.165) is 24.0 Å². The molecule has 1 aliphatic heterocycles. The predicted octanol–water partition coefficient (Wildman–Crippen LogP) is 2.85. The first-order valence-corrected chi connectivity index (χ1v) is 12.3. The maximum atomic E-state index is 13.0. The van der Waals surface area contributed by atoms with Crippen molar-refractivity contribution in [1.82, 2.24) is 10.2 Å². The van der Waals surface area contributed by atoms with Gasteiger partial charge in [-0.25, -0.2) is 10.1 Å². The van der Waals surface area contributed by atoms with Gasteiger partial charge in [0.1, 0.15) is 12.1 Å². The van der Waals surface area contributed by atoms with E-state index in [0.29, 0.717) is 29.2 Å². The highest BCUT2D eigenvalue weighted by Gasteiger charge is 2.26. The number of carbonyl (C=O) groups excluding carboxylic acids is 2. The average molecular weight is 486 g/mol. The van der Waals surface area contributed by atoms with Crippen LogP contribution < -0.4 is 10.6 Å². The van der Waals surface area contributed by atoms with Crippen molar-refractivity contribution in [2.45, 2.75) is 31.9 Å². The number of quaternary nitrogens is 1. The second kappa shape index (κ2) is 11.9. The number of hydrogen-bond donors (Lipinski definition) is 3. The Morgan fingerprint density at radius 2 is 1.72 bits per heavy atom. The molecule has 0 radical (unpaired) electrons. The molecular formula is C29H33N4O3+. The topological polar surface area (TPSA) is 98.6 Å². The van der Waals surface area contributed by atoms with Crippen LogP contribution in [-0.4, -0.2) is 53.8 Å². The van der Waals surface area contributed by atoms with Crippen LogP contribution in [0.1, 0.15) is 51.3 Å². The van der Waals surface area contributed by atoms with Gasteiger partial charge < -0.3 is 15.3 Å². The minimum Gasteiger partial charge on any atom is -0.387 e. The van der Waals surface area contributed by atoms with Gasteiger partial charge in [-0.2, -0.15) is 4.99 Å². The van der Waals surface area contributed by atoms with Gasteiger partial charge in [-0.05, 0) is 48.2 Å². The lowest BCUT2D eigenvalue weighted by Gasteiger charge is -2.21. The van der Waals surface area contributed by atoms with Gasteiger partial charge in [-0.3, -0.25) is 4.79 Å². The Bertz CT molecular complexity index is 1220. The maximum absolute atomic E-state index is 13.0. The van der Waals surface area contributed by atoms with Crippen molar-refractivity contribution in [2.75, 3.05) is 20.1 Å². The molecule has 36 heavy (non-hydrogen) atoms. The van der Waals surface area contributed by atoms with Crippen LogP contribution in [0.4, 0.5) is 5.69 Å². The first-order chi connectivity index (χ1) is 17.4. The summed E-state index contributed by atoms with van der Waals surface area (Å²) in [6.07, 6.45) is 1.17. The summed E-state index contributed by atoms with van der Waals surface area (Å²) in [5, 5.41) is 15.4. The summed E-state index contributed by atoms with van der Waals surface area (Å²) < 4.78 is 0. The van der Waals surface area contributed by atoms with Gasteiger partial charge in [0.2, 0.25) is 5.84 Å². The lowest BCUT2D eigenvalue weighted by molar-refractivity contribution is -0.433. The molecule has 7 nitrogen and oxygen atoms in total. The summed E-state index contributed by atoms with van der Waals surface area (Å²) in [6.45, 7) is 2.86. The molecule has 1 heterocycles. The summed E-state index contributed by atoms with van der Waals surface area (Å²) in [4.78, 5) is 31.5. The number of aliphatic hydroxyl groups excluding tert-OH is 1. The monoisotopic (exact) mass is 485 g/mol. The third-order valence-electron chi connectivity index (χ3n) is 6.44. The fourth-order valence-corrected chi connectivity index (χ4v) is 4.31. The number of amides is 2. The number of primary amides is 1. The standard InChI is InChI=1S/C29H32N4O3/c1-3-23(30-18-26(34)21-9-5-4-6-10-21)17-20-13-15-22(16-14-20)29(36)33(2)19-27-31-25-12-8-7-11-24(25)28(35)32-27/h4-16,23,26,30,34H,3,17-19H2,1-2H3,(H,31,32,35)/p+1/t23-,26-/m0/s1. The predicted molar refractivity (Wildman–Crippen MR) is 140 cm³/mol. The smallest absolute Gasteiger partial charge is 0.350 e. The summed E-state index contributed by atoms with van der Waals surface area (Å²) in [6, 6.07) is 24.7. The lowest BCUT2D eigenvalue weighted by atomic mass is 10.0. The van der Waals surface area contributed by atoms with Crippen LogP contribution in [0.2, 0.25) is 0 Å². The average Bonchev–Trinajstić information content (AvgIpc) is 2.91. The van der Waals surface area contributed by atoms with E-state index in [1.807, 2.05) is 72.8 Å². The van der Waals surface area contributed by atoms with Crippen LogP contribution in [0.25, 0.3) is 0 Å². The van der Waals surface area contributed by atoms with Gasteiger partial charge in [0, 0.05) is 25.2 Å². The fourth-order valence-electron chi connectivity index (χ4n) is 4.31. The van der Waals surface area contributed by atoms with Gasteiger partial charge in [-0.15, -0.1) is 0 Å². The number of benzene rings is 3. The van der Waals surface area contributed by atoms with E-state index < -0.39 is 6.10 Å². The first kappa shape index (κ1) is 25.4. The molecule has 0 aromatic heterocycles. The maximum Gasteiger partial charge on any atom is 0.350 e. The Morgan fingerprint density at radius 1 is 1.03 bits per heavy atom. The van der Waals surface area contributed by atoms with E-state index in [2.05, 4.69) is 17.2 Å². The molecule has 186 valence electrons. The molecule has 2 amide bonds. The zero-order chi connectivity index (χ0) is 25.5. The first-order valence-electron chi connectivity index (χ1n) is 12.3. The molecule has 3 aromatic rings. The molecule has 3 aromatic carbocycles. The van der Waals surface area contributed by atoms with E-state index in [-0.39, 0.29) is 24.4 Å². The number of nitrogens with two attached hydrogens (primary N) is 1. The molecule has 0 bridgehead atoms. The molecular weight excluding hydrogens is 452 g/mol. The fraction of sp³-hybridized carbons (Fsp3) is 0.276. The van der Waals surface area contributed by atoms with Crippen molar-refractivity contribution >= 4 is 23.3 Å². The highest BCUT2D eigenvalue weighted by molar-refractivity contribution is 6.03. The van der Waals surface area contributed by atoms with Crippen LogP contribution in [0.3, 0.4) is 0 Å². The largest absolute Gasteiger partial charge is 0.387 e. The Labute approximate surface area is 211 Å². The normalized spacial score (nSPS) is 14.5. The molecule has 4 rings (SSSR count). The van der Waals surface area contributed by atoms with Crippen molar-refractivity contribution in [1.29, 1.82) is 0 Å². The number of likely N-dealkylation sites (N-methyl/N-ethyl adjacent to an activating group) is 1. The van der Waals surface area contributed by atoms with Crippen molar-refractivity contribution in [2.24, 2.45) is 4.99 Å². The molecule has 4 N–H and O–H groups in total. The van der Waals surface area contributed by atoms with Crippen LogP contribution in [0.15, 0.2) is 83.9 Å². The third kappa shape index (κ3) is 6.31. The van der Waals surface area contributed by atoms with E-state index in [1.165, 1.54) is 5.32 Å². The van der Waals surface area contributed by atoms with Gasteiger partial charge in [0.25, 0.3) is 5.91 Å². The SMILES string of the molecule is CC[C@@H](Cc1ccc(C(=O)N(C)CC2=Nc3ccccc3C(=O)[NH2+]2)cc1)NC[C@H](O)c1ccccc1. The summed E-state index contributed by atoms with van der Waals surface area (Å²) in [5.74, 6) is 0.358. The Hall–Kier alpha value is -3.65. The molecule has 1 aliphatic rings. The van der Waals surface area contributed by atoms with Crippen molar-refractivity contribution in [3.05, 3.63) is 101 Å². The number of carbonyl (C=O) groups is 2. The molecule has 0 spiro atoms. The number of aliphatic hydroxyl groups is 1. The number of hydrogen-bond acceptors (Lipinski definition) is 5. The van der Waals surface area contributed by atoms with Crippen LogP contribution >= 0.6 is 0 Å². The van der Waals surface area contributed by atoms with Gasteiger partial charge in [0.05, 0.1) is 11.8 Å². The summed E-state index contributed by atoms with van der Waals surface area (Å²) in [5.41, 5.74) is 3.83. The molecule has 0 aliphatic carbocycles. The Balaban J connectivity index is 1.32. The number of nitrogens with one attached hydrogen (secondary N) is 1.